The minimum absolute atomic E-state index is 0.126. The van der Waals surface area contributed by atoms with Crippen LogP contribution in [0.2, 0.25) is 5.02 Å². The molecule has 0 aromatic heterocycles. The number of nitrogens with zero attached hydrogens (tertiary/aromatic N) is 1. The van der Waals surface area contributed by atoms with Gasteiger partial charge in [-0.15, -0.1) is 0 Å². The molecule has 0 aliphatic carbocycles. The highest BCUT2D eigenvalue weighted by atomic mass is 35.5. The topological polar surface area (TPSA) is 83.6 Å². The van der Waals surface area contributed by atoms with Gasteiger partial charge in [0.15, 0.2) is 0 Å². The van der Waals surface area contributed by atoms with Gasteiger partial charge in [-0.2, -0.15) is 8.78 Å². The van der Waals surface area contributed by atoms with Crippen molar-refractivity contribution in [3.05, 3.63) is 69.7 Å². The molecule has 0 radical (unpaired) electrons. The number of aryl methyl sites for hydroxylation is 1. The van der Waals surface area contributed by atoms with Crippen molar-refractivity contribution in [3.63, 3.8) is 0 Å². The van der Waals surface area contributed by atoms with E-state index in [1.165, 1.54) is 30.3 Å². The summed E-state index contributed by atoms with van der Waals surface area (Å²) in [4.78, 5) is 50.3. The third-order valence-corrected chi connectivity index (χ3v) is 5.51. The maximum atomic E-state index is 14.6. The number of ketones is 1. The van der Waals surface area contributed by atoms with Crippen molar-refractivity contribution in [1.82, 2.24) is 10.2 Å². The predicted octanol–water partition coefficient (Wildman–Crippen LogP) is 3.39. The van der Waals surface area contributed by atoms with E-state index in [-0.39, 0.29) is 22.7 Å². The lowest BCUT2D eigenvalue weighted by molar-refractivity contribution is -0.144. The number of fused-ring (bicyclic) bond motifs is 1. The molecule has 1 fully saturated rings. The van der Waals surface area contributed by atoms with Gasteiger partial charge in [-0.05, 0) is 42.1 Å². The van der Waals surface area contributed by atoms with Crippen molar-refractivity contribution in [3.8, 4) is 0 Å². The molecule has 4 rings (SSSR count). The van der Waals surface area contributed by atoms with E-state index in [9.17, 15) is 28.0 Å². The van der Waals surface area contributed by atoms with Gasteiger partial charge in [0.1, 0.15) is 6.04 Å². The molecule has 9 heteroatoms. The molecule has 0 spiro atoms. The fourth-order valence-electron chi connectivity index (χ4n) is 3.56. The first kappa shape index (κ1) is 17.4. The lowest BCUT2D eigenvalue weighted by atomic mass is 9.97. The number of halogens is 3. The number of nitrogens with one attached hydrogen (secondary N) is 1. The molecule has 1 saturated heterocycles. The Labute approximate surface area is 193 Å². The number of rotatable bonds is 6. The Balaban J connectivity index is 1.52. The zero-order valence-corrected chi connectivity index (χ0v) is 17.2. The Morgan fingerprint density at radius 1 is 1.22 bits per heavy atom. The zero-order valence-electron chi connectivity index (χ0n) is 20.4. The van der Waals surface area contributed by atoms with Crippen LogP contribution in [0.1, 0.15) is 51.7 Å². The molecule has 1 N–H and O–H groups in total. The van der Waals surface area contributed by atoms with Gasteiger partial charge in [0, 0.05) is 41.0 Å². The third kappa shape index (κ3) is 4.14. The normalized spacial score (nSPS) is 25.2. The molecule has 32 heavy (non-hydrogen) atoms. The SMILES string of the molecule is [2H]C(CC(=O)C(F)(F)c1ccc(Cl)cc1)c1ccc2c(c1)CN(C1C(=O)NC(=O)C([2H])([2H])C1[2H])C2=O. The average Bonchev–Trinajstić information content (AvgIpc) is 3.13. The van der Waals surface area contributed by atoms with Gasteiger partial charge >= 0.3 is 5.92 Å². The van der Waals surface area contributed by atoms with Crippen LogP contribution in [0.3, 0.4) is 0 Å². The first-order valence-corrected chi connectivity index (χ1v) is 9.93. The highest BCUT2D eigenvalue weighted by Crippen LogP contribution is 2.32. The van der Waals surface area contributed by atoms with Gasteiger partial charge in [-0.25, -0.2) is 0 Å². The first-order chi connectivity index (χ1) is 16.7. The summed E-state index contributed by atoms with van der Waals surface area (Å²) in [6.07, 6.45) is -6.76. The van der Waals surface area contributed by atoms with Gasteiger partial charge in [-0.3, -0.25) is 24.5 Å². The summed E-state index contributed by atoms with van der Waals surface area (Å²) in [5, 5.41) is 2.07. The number of hydrogen-bond donors (Lipinski definition) is 1. The predicted molar refractivity (Wildman–Crippen MR) is 111 cm³/mol. The molecule has 2 aromatic carbocycles. The van der Waals surface area contributed by atoms with E-state index in [2.05, 4.69) is 0 Å². The minimum Gasteiger partial charge on any atom is -0.322 e. The van der Waals surface area contributed by atoms with E-state index >= 15 is 0 Å². The van der Waals surface area contributed by atoms with Crippen LogP contribution in [0.4, 0.5) is 8.78 Å². The molecule has 2 aliphatic rings. The molecule has 2 aliphatic heterocycles. The molecule has 3 atom stereocenters. The second kappa shape index (κ2) is 8.43. The van der Waals surface area contributed by atoms with Gasteiger partial charge < -0.3 is 4.90 Å². The maximum absolute atomic E-state index is 14.6. The Kier molecular flexibility index (Phi) is 4.59. The Hall–Kier alpha value is -3.13. The number of amides is 3. The average molecular weight is 465 g/mol. The number of alkyl halides is 2. The van der Waals surface area contributed by atoms with E-state index in [1.54, 1.807) is 0 Å². The quantitative estimate of drug-likeness (QED) is 0.664. The minimum atomic E-state index is -3.83. The van der Waals surface area contributed by atoms with Gasteiger partial charge in [0.2, 0.25) is 17.6 Å². The van der Waals surface area contributed by atoms with Gasteiger partial charge in [0.25, 0.3) is 5.91 Å². The largest absolute Gasteiger partial charge is 0.330 e. The van der Waals surface area contributed by atoms with Crippen molar-refractivity contribution in [2.45, 2.75) is 44.1 Å². The highest BCUT2D eigenvalue weighted by Gasteiger charge is 2.41. The Morgan fingerprint density at radius 3 is 2.66 bits per heavy atom. The standard InChI is InChI=1S/C23H19ClF2N2O4/c24-16-5-3-15(4-6-16)23(25,26)19(29)9-2-13-1-7-17-14(11-13)12-28(22(17)32)18-8-10-20(30)27-21(18)31/h1,3-7,11,18H,2,8-10,12H2,(H,27,30,31)/i2D,8D,10D2. The van der Waals surface area contributed by atoms with Crippen molar-refractivity contribution in [2.24, 2.45) is 0 Å². The molecule has 2 aromatic rings. The molecule has 6 nitrogen and oxygen atoms in total. The second-order valence-electron chi connectivity index (χ2n) is 7.34. The van der Waals surface area contributed by atoms with Crippen LogP contribution in [0.25, 0.3) is 0 Å². The number of piperidine rings is 1. The molecule has 3 amide bonds. The van der Waals surface area contributed by atoms with E-state index in [4.69, 9.17) is 17.1 Å². The molecule has 0 bridgehead atoms. The number of carbonyl (C=O) groups is 4. The van der Waals surface area contributed by atoms with Crippen molar-refractivity contribution in [1.29, 1.82) is 0 Å². The van der Waals surface area contributed by atoms with Crippen LogP contribution < -0.4 is 5.32 Å². The fraction of sp³-hybridized carbons (Fsp3) is 0.304. The van der Waals surface area contributed by atoms with E-state index in [1.807, 2.05) is 5.32 Å². The van der Waals surface area contributed by atoms with Crippen LogP contribution >= 0.6 is 11.6 Å². The van der Waals surface area contributed by atoms with Crippen molar-refractivity contribution >= 4 is 35.1 Å². The third-order valence-electron chi connectivity index (χ3n) is 5.25. The summed E-state index contributed by atoms with van der Waals surface area (Å²) in [5.41, 5.74) is 0.0865. The summed E-state index contributed by atoms with van der Waals surface area (Å²) < 4.78 is 61.1. The fourth-order valence-corrected chi connectivity index (χ4v) is 3.68. The van der Waals surface area contributed by atoms with Crippen molar-refractivity contribution in [2.75, 3.05) is 0 Å². The molecule has 3 unspecified atom stereocenters. The lowest BCUT2D eigenvalue weighted by Crippen LogP contribution is -2.52. The van der Waals surface area contributed by atoms with Crippen LogP contribution in [0.15, 0.2) is 42.5 Å². The summed E-state index contributed by atoms with van der Waals surface area (Å²) in [5.74, 6) is -8.21. The maximum Gasteiger partial charge on any atom is 0.330 e. The summed E-state index contributed by atoms with van der Waals surface area (Å²) in [7, 11) is 0. The van der Waals surface area contributed by atoms with Crippen LogP contribution in [0, 0.1) is 0 Å². The number of Topliss-reactive ketones (excluding diaryl/α,β-unsaturated/α-hetero) is 1. The van der Waals surface area contributed by atoms with Crippen LogP contribution in [0.5, 0.6) is 0 Å². The monoisotopic (exact) mass is 464 g/mol. The summed E-state index contributed by atoms with van der Waals surface area (Å²) in [6, 6.07) is 7.01. The summed E-state index contributed by atoms with van der Waals surface area (Å²) in [6.45, 7) is -0.221. The first-order valence-electron chi connectivity index (χ1n) is 11.7. The number of hydrogen-bond acceptors (Lipinski definition) is 4. The highest BCUT2D eigenvalue weighted by molar-refractivity contribution is 6.30. The summed E-state index contributed by atoms with van der Waals surface area (Å²) >= 11 is 5.71. The van der Waals surface area contributed by atoms with E-state index < -0.39 is 66.6 Å². The van der Waals surface area contributed by atoms with E-state index in [0.29, 0.717) is 5.56 Å². The smallest absolute Gasteiger partial charge is 0.322 e. The van der Waals surface area contributed by atoms with Crippen LogP contribution in [-0.2, 0) is 33.2 Å². The van der Waals surface area contributed by atoms with E-state index in [0.717, 1.165) is 17.0 Å². The van der Waals surface area contributed by atoms with Gasteiger partial charge in [0.05, 0.1) is 0 Å². The molecule has 0 saturated carbocycles. The Morgan fingerprint density at radius 2 is 1.94 bits per heavy atom. The second-order valence-corrected chi connectivity index (χ2v) is 7.77. The zero-order chi connectivity index (χ0) is 26.6. The molecule has 2 heterocycles. The number of carbonyl (C=O) groups excluding carboxylic acids is 4. The Bertz CT molecular complexity index is 1280. The molecular weight excluding hydrogens is 442 g/mol. The number of benzene rings is 2. The van der Waals surface area contributed by atoms with Gasteiger partial charge in [-0.1, -0.05) is 35.9 Å². The van der Waals surface area contributed by atoms with Crippen molar-refractivity contribution < 1.29 is 33.4 Å². The molecular formula is C23H19ClF2N2O4. The lowest BCUT2D eigenvalue weighted by Gasteiger charge is -2.29. The van der Waals surface area contributed by atoms with Crippen LogP contribution in [-0.4, -0.2) is 34.4 Å². The molecule has 166 valence electrons. The number of imide groups is 1.